The van der Waals surface area contributed by atoms with Crippen LogP contribution in [0, 0.1) is 6.92 Å². The topological polar surface area (TPSA) is 92.4 Å². The lowest BCUT2D eigenvalue weighted by Gasteiger charge is -2.06. The minimum atomic E-state index is -0.570. The maximum absolute atomic E-state index is 11.6. The Bertz CT molecular complexity index is 416. The van der Waals surface area contributed by atoms with Crippen molar-refractivity contribution in [1.82, 2.24) is 5.32 Å². The fourth-order valence-corrected chi connectivity index (χ4v) is 1.33. The van der Waals surface area contributed by atoms with Gasteiger partial charge >= 0.3 is 0 Å². The van der Waals surface area contributed by atoms with Gasteiger partial charge in [-0.2, -0.15) is 0 Å². The summed E-state index contributed by atoms with van der Waals surface area (Å²) in [5, 5.41) is 11.1. The van der Waals surface area contributed by atoms with Gasteiger partial charge in [0.15, 0.2) is 0 Å². The molecule has 4 N–H and O–H groups in total. The standard InChI is InChI=1S/C11H14N2O3/c1-7-4-8(10(12)15)6-9(5-7)11(16)13-2-3-14/h4-6,14H,2-3H2,1H3,(H2,12,15)(H,13,16). The first kappa shape index (κ1) is 12.2. The molecule has 86 valence electrons. The Balaban J connectivity index is 2.95. The van der Waals surface area contributed by atoms with Crippen LogP contribution in [-0.4, -0.2) is 30.1 Å². The third kappa shape index (κ3) is 3.06. The van der Waals surface area contributed by atoms with Gasteiger partial charge in [-0.15, -0.1) is 0 Å². The molecule has 0 radical (unpaired) electrons. The van der Waals surface area contributed by atoms with Crippen LogP contribution in [0.2, 0.25) is 0 Å². The van der Waals surface area contributed by atoms with Crippen molar-refractivity contribution in [2.75, 3.05) is 13.2 Å². The Morgan fingerprint density at radius 1 is 1.31 bits per heavy atom. The monoisotopic (exact) mass is 222 g/mol. The molecule has 1 aromatic carbocycles. The molecule has 1 rings (SSSR count). The normalized spacial score (nSPS) is 9.88. The summed E-state index contributed by atoms with van der Waals surface area (Å²) in [7, 11) is 0. The zero-order valence-corrected chi connectivity index (χ0v) is 8.99. The molecule has 0 heterocycles. The van der Waals surface area contributed by atoms with Crippen molar-refractivity contribution in [2.45, 2.75) is 6.92 Å². The van der Waals surface area contributed by atoms with Gasteiger partial charge in [0.2, 0.25) is 5.91 Å². The Morgan fingerprint density at radius 2 is 1.94 bits per heavy atom. The Labute approximate surface area is 93.3 Å². The van der Waals surface area contributed by atoms with Crippen LogP contribution in [-0.2, 0) is 0 Å². The lowest BCUT2D eigenvalue weighted by Crippen LogP contribution is -2.26. The predicted molar refractivity (Wildman–Crippen MR) is 59.1 cm³/mol. The number of benzene rings is 1. The number of carbonyl (C=O) groups is 2. The van der Waals surface area contributed by atoms with Gasteiger partial charge in [0.25, 0.3) is 5.91 Å². The highest BCUT2D eigenvalue weighted by atomic mass is 16.3. The summed E-state index contributed by atoms with van der Waals surface area (Å²) in [6.07, 6.45) is 0. The van der Waals surface area contributed by atoms with Crippen molar-refractivity contribution in [3.8, 4) is 0 Å². The van der Waals surface area contributed by atoms with Crippen molar-refractivity contribution in [3.05, 3.63) is 34.9 Å². The number of nitrogens with two attached hydrogens (primary N) is 1. The summed E-state index contributed by atoms with van der Waals surface area (Å²) in [6.45, 7) is 1.83. The highest BCUT2D eigenvalue weighted by Crippen LogP contribution is 2.09. The summed E-state index contributed by atoms with van der Waals surface area (Å²) in [5.74, 6) is -0.903. The SMILES string of the molecule is Cc1cc(C(N)=O)cc(C(=O)NCCO)c1. The first-order chi connectivity index (χ1) is 7.54. The molecular weight excluding hydrogens is 208 g/mol. The van der Waals surface area contributed by atoms with Crippen LogP contribution in [0.4, 0.5) is 0 Å². The van der Waals surface area contributed by atoms with Crippen molar-refractivity contribution in [1.29, 1.82) is 0 Å². The van der Waals surface area contributed by atoms with Crippen LogP contribution in [0.1, 0.15) is 26.3 Å². The van der Waals surface area contributed by atoms with Gasteiger partial charge in [-0.25, -0.2) is 0 Å². The number of nitrogens with one attached hydrogen (secondary N) is 1. The third-order valence-corrected chi connectivity index (χ3v) is 2.02. The molecule has 0 fully saturated rings. The maximum atomic E-state index is 11.6. The molecule has 0 unspecified atom stereocenters. The van der Waals surface area contributed by atoms with Gasteiger partial charge in [0.05, 0.1) is 6.61 Å². The van der Waals surface area contributed by atoms with E-state index in [0.29, 0.717) is 11.1 Å². The molecular formula is C11H14N2O3. The van der Waals surface area contributed by atoms with E-state index in [1.165, 1.54) is 6.07 Å². The summed E-state index contributed by atoms with van der Waals surface area (Å²) >= 11 is 0. The smallest absolute Gasteiger partial charge is 0.251 e. The van der Waals surface area contributed by atoms with Crippen molar-refractivity contribution >= 4 is 11.8 Å². The zero-order valence-electron chi connectivity index (χ0n) is 8.99. The molecule has 0 aliphatic rings. The second-order valence-corrected chi connectivity index (χ2v) is 3.43. The van der Waals surface area contributed by atoms with E-state index >= 15 is 0 Å². The number of aliphatic hydroxyl groups is 1. The predicted octanol–water partition coefficient (Wildman–Crippen LogP) is -0.184. The van der Waals surface area contributed by atoms with E-state index in [4.69, 9.17) is 10.8 Å². The molecule has 0 aliphatic heterocycles. The van der Waals surface area contributed by atoms with Gasteiger partial charge in [0.1, 0.15) is 0 Å². The zero-order chi connectivity index (χ0) is 12.1. The van der Waals surface area contributed by atoms with E-state index in [-0.39, 0.29) is 19.1 Å². The van der Waals surface area contributed by atoms with E-state index in [0.717, 1.165) is 5.56 Å². The van der Waals surface area contributed by atoms with Gasteiger partial charge in [-0.1, -0.05) is 0 Å². The molecule has 16 heavy (non-hydrogen) atoms. The molecule has 1 aromatic rings. The minimum absolute atomic E-state index is 0.125. The molecule has 0 saturated heterocycles. The van der Waals surface area contributed by atoms with Crippen molar-refractivity contribution < 1.29 is 14.7 Å². The van der Waals surface area contributed by atoms with Crippen LogP contribution in [0.3, 0.4) is 0 Å². The minimum Gasteiger partial charge on any atom is -0.395 e. The second-order valence-electron chi connectivity index (χ2n) is 3.43. The van der Waals surface area contributed by atoms with Crippen molar-refractivity contribution in [2.24, 2.45) is 5.73 Å². The van der Waals surface area contributed by atoms with Crippen LogP contribution >= 0.6 is 0 Å². The number of carbonyl (C=O) groups excluding carboxylic acids is 2. The molecule has 0 atom stereocenters. The van der Waals surface area contributed by atoms with Crippen molar-refractivity contribution in [3.63, 3.8) is 0 Å². The maximum Gasteiger partial charge on any atom is 0.251 e. The van der Waals surface area contributed by atoms with Gasteiger partial charge in [0, 0.05) is 17.7 Å². The Morgan fingerprint density at radius 3 is 2.50 bits per heavy atom. The number of hydrogen-bond acceptors (Lipinski definition) is 3. The number of hydrogen-bond donors (Lipinski definition) is 3. The van der Waals surface area contributed by atoms with Gasteiger partial charge in [-0.3, -0.25) is 9.59 Å². The Hall–Kier alpha value is -1.88. The fourth-order valence-electron chi connectivity index (χ4n) is 1.33. The molecule has 5 nitrogen and oxygen atoms in total. The summed E-state index contributed by atoms with van der Waals surface area (Å²) in [6, 6.07) is 4.70. The molecule has 0 aromatic heterocycles. The van der Waals surface area contributed by atoms with E-state index in [9.17, 15) is 9.59 Å². The number of aliphatic hydroxyl groups excluding tert-OH is 1. The van der Waals surface area contributed by atoms with Crippen LogP contribution < -0.4 is 11.1 Å². The van der Waals surface area contributed by atoms with Gasteiger partial charge < -0.3 is 16.2 Å². The summed E-state index contributed by atoms with van der Waals surface area (Å²) < 4.78 is 0. The quantitative estimate of drug-likeness (QED) is 0.659. The van der Waals surface area contributed by atoms with Crippen LogP contribution in [0.25, 0.3) is 0 Å². The molecule has 0 aliphatic carbocycles. The second kappa shape index (κ2) is 5.27. The average molecular weight is 222 g/mol. The van der Waals surface area contributed by atoms with Crippen LogP contribution in [0.5, 0.6) is 0 Å². The lowest BCUT2D eigenvalue weighted by molar-refractivity contribution is 0.0944. The van der Waals surface area contributed by atoms with E-state index in [1.54, 1.807) is 19.1 Å². The third-order valence-electron chi connectivity index (χ3n) is 2.02. The summed E-state index contributed by atoms with van der Waals surface area (Å²) in [5.41, 5.74) is 6.59. The lowest BCUT2D eigenvalue weighted by atomic mass is 10.1. The fraction of sp³-hybridized carbons (Fsp3) is 0.273. The number of rotatable bonds is 4. The van der Waals surface area contributed by atoms with E-state index in [1.807, 2.05) is 0 Å². The molecule has 0 spiro atoms. The van der Waals surface area contributed by atoms with Crippen LogP contribution in [0.15, 0.2) is 18.2 Å². The Kier molecular flexibility index (Phi) is 4.02. The molecule has 0 bridgehead atoms. The number of primary amides is 1. The van der Waals surface area contributed by atoms with E-state index < -0.39 is 5.91 Å². The number of aryl methyl sites for hydroxylation is 1. The largest absolute Gasteiger partial charge is 0.395 e. The first-order valence-electron chi connectivity index (χ1n) is 4.85. The first-order valence-corrected chi connectivity index (χ1v) is 4.85. The molecule has 2 amide bonds. The highest BCUT2D eigenvalue weighted by molar-refractivity contribution is 5.99. The number of amides is 2. The van der Waals surface area contributed by atoms with E-state index in [2.05, 4.69) is 5.32 Å². The molecule has 5 heteroatoms. The molecule has 0 saturated carbocycles. The highest BCUT2D eigenvalue weighted by Gasteiger charge is 2.09. The average Bonchev–Trinajstić information content (AvgIpc) is 2.24. The summed E-state index contributed by atoms with van der Waals surface area (Å²) in [4.78, 5) is 22.5. The van der Waals surface area contributed by atoms with Gasteiger partial charge in [-0.05, 0) is 30.7 Å².